The van der Waals surface area contributed by atoms with E-state index in [0.29, 0.717) is 10.6 Å². The molecule has 100 valence electrons. The van der Waals surface area contributed by atoms with E-state index >= 15 is 0 Å². The molecular weight excluding hydrogens is 294 g/mol. The molecule has 0 radical (unpaired) electrons. The van der Waals surface area contributed by atoms with Crippen molar-refractivity contribution in [1.29, 1.82) is 0 Å². The number of amides is 1. The van der Waals surface area contributed by atoms with E-state index < -0.39 is 5.97 Å². The molecule has 0 aliphatic heterocycles. The van der Waals surface area contributed by atoms with Gasteiger partial charge in [-0.05, 0) is 17.5 Å². The Hall–Kier alpha value is -2.18. The third-order valence-corrected chi connectivity index (χ3v) is 4.64. The second-order valence-electron chi connectivity index (χ2n) is 4.07. The van der Waals surface area contributed by atoms with Gasteiger partial charge < -0.3 is 10.4 Å². The van der Waals surface area contributed by atoms with Crippen molar-refractivity contribution in [1.82, 2.24) is 0 Å². The van der Waals surface area contributed by atoms with Crippen LogP contribution in [0.5, 0.6) is 0 Å². The fourth-order valence-corrected chi connectivity index (χ4v) is 3.61. The van der Waals surface area contributed by atoms with Crippen LogP contribution in [0.1, 0.15) is 20.7 Å². The summed E-state index contributed by atoms with van der Waals surface area (Å²) in [7, 11) is 0. The number of nitrogens with one attached hydrogen (secondary N) is 1. The average Bonchev–Trinajstić information content (AvgIpc) is 3.04. The minimum Gasteiger partial charge on any atom is -0.478 e. The summed E-state index contributed by atoms with van der Waals surface area (Å²) in [6.45, 7) is 0. The van der Waals surface area contributed by atoms with Crippen LogP contribution in [-0.2, 0) is 0 Å². The molecule has 0 fully saturated rings. The van der Waals surface area contributed by atoms with Crippen LogP contribution < -0.4 is 5.32 Å². The quantitative estimate of drug-likeness (QED) is 0.771. The molecule has 20 heavy (non-hydrogen) atoms. The molecule has 0 aliphatic rings. The fourth-order valence-electron chi connectivity index (χ4n) is 1.90. The van der Waals surface area contributed by atoms with E-state index in [2.05, 4.69) is 5.32 Å². The number of carboxylic acid groups (broad SMARTS) is 1. The first-order valence-electron chi connectivity index (χ1n) is 5.75. The highest BCUT2D eigenvalue weighted by atomic mass is 32.1. The van der Waals surface area contributed by atoms with Crippen LogP contribution in [0.25, 0.3) is 10.1 Å². The number of fused-ring (bicyclic) bond motifs is 1. The number of thiophene rings is 2. The molecule has 6 heteroatoms. The summed E-state index contributed by atoms with van der Waals surface area (Å²) < 4.78 is 1.03. The molecule has 0 unspecified atom stereocenters. The Morgan fingerprint density at radius 1 is 1.05 bits per heavy atom. The molecule has 0 atom stereocenters. The van der Waals surface area contributed by atoms with Crippen molar-refractivity contribution < 1.29 is 14.7 Å². The molecule has 3 aromatic rings. The molecule has 2 N–H and O–H groups in total. The summed E-state index contributed by atoms with van der Waals surface area (Å²) >= 11 is 2.69. The number of carbonyl (C=O) groups excluding carboxylic acids is 1. The highest BCUT2D eigenvalue weighted by Gasteiger charge is 2.17. The molecule has 0 spiro atoms. The number of hydrogen-bond donors (Lipinski definition) is 2. The van der Waals surface area contributed by atoms with Crippen LogP contribution in [-0.4, -0.2) is 17.0 Å². The second kappa shape index (κ2) is 5.07. The number of benzene rings is 1. The van der Waals surface area contributed by atoms with Crippen molar-refractivity contribution in [3.8, 4) is 0 Å². The van der Waals surface area contributed by atoms with Gasteiger partial charge in [0.2, 0.25) is 0 Å². The third kappa shape index (κ3) is 2.19. The van der Waals surface area contributed by atoms with Crippen LogP contribution >= 0.6 is 22.7 Å². The first kappa shape index (κ1) is 12.8. The first-order valence-corrected chi connectivity index (χ1v) is 7.51. The topological polar surface area (TPSA) is 66.4 Å². The van der Waals surface area contributed by atoms with Gasteiger partial charge in [-0.25, -0.2) is 4.79 Å². The van der Waals surface area contributed by atoms with Gasteiger partial charge in [0.05, 0.1) is 11.1 Å². The van der Waals surface area contributed by atoms with Gasteiger partial charge in [0.25, 0.3) is 5.91 Å². The fraction of sp³-hybridized carbons (Fsp3) is 0. The van der Waals surface area contributed by atoms with Gasteiger partial charge in [-0.1, -0.05) is 18.2 Å². The van der Waals surface area contributed by atoms with Crippen molar-refractivity contribution in [3.05, 3.63) is 52.2 Å². The van der Waals surface area contributed by atoms with Crippen LogP contribution in [0.2, 0.25) is 0 Å². The van der Waals surface area contributed by atoms with E-state index in [4.69, 9.17) is 5.11 Å². The van der Waals surface area contributed by atoms with E-state index in [0.717, 1.165) is 10.1 Å². The van der Waals surface area contributed by atoms with Gasteiger partial charge in [0.1, 0.15) is 5.00 Å². The van der Waals surface area contributed by atoms with E-state index in [-0.39, 0.29) is 11.5 Å². The molecule has 1 amide bonds. The smallest absolute Gasteiger partial charge is 0.338 e. The number of rotatable bonds is 3. The zero-order valence-electron chi connectivity index (χ0n) is 10.1. The van der Waals surface area contributed by atoms with Crippen molar-refractivity contribution in [3.63, 3.8) is 0 Å². The largest absolute Gasteiger partial charge is 0.478 e. The number of hydrogen-bond acceptors (Lipinski definition) is 4. The average molecular weight is 303 g/mol. The zero-order valence-corrected chi connectivity index (χ0v) is 11.8. The maximum absolute atomic E-state index is 12.3. The van der Waals surface area contributed by atoms with E-state index in [1.54, 1.807) is 10.8 Å². The summed E-state index contributed by atoms with van der Waals surface area (Å²) in [6, 6.07) is 9.11. The maximum Gasteiger partial charge on any atom is 0.338 e. The summed E-state index contributed by atoms with van der Waals surface area (Å²) in [5.74, 6) is -1.33. The van der Waals surface area contributed by atoms with Crippen molar-refractivity contribution in [2.24, 2.45) is 0 Å². The van der Waals surface area contributed by atoms with Crippen LogP contribution in [0.4, 0.5) is 5.00 Å². The third-order valence-electron chi connectivity index (χ3n) is 2.85. The summed E-state index contributed by atoms with van der Waals surface area (Å²) in [5, 5.41) is 16.4. The Kier molecular flexibility index (Phi) is 3.25. The minimum absolute atomic E-state index is 0.114. The van der Waals surface area contributed by atoms with Crippen molar-refractivity contribution in [2.75, 3.05) is 5.32 Å². The Balaban J connectivity index is 1.93. The first-order chi connectivity index (χ1) is 9.66. The summed E-state index contributed by atoms with van der Waals surface area (Å²) in [4.78, 5) is 23.3. The molecule has 0 bridgehead atoms. The van der Waals surface area contributed by atoms with Crippen molar-refractivity contribution in [2.45, 2.75) is 0 Å². The van der Waals surface area contributed by atoms with Crippen LogP contribution in [0.15, 0.2) is 41.1 Å². The standard InChI is InChI=1S/C14H9NO3S2/c16-12(15-13-9(14(17)18)5-6-19-13)10-7-20-11-4-2-1-3-8(10)11/h1-7H,(H,15,16)(H,17,18). The van der Waals surface area contributed by atoms with Gasteiger partial charge in [0, 0.05) is 15.5 Å². The predicted molar refractivity (Wildman–Crippen MR) is 81.1 cm³/mol. The number of aromatic carboxylic acids is 1. The lowest BCUT2D eigenvalue weighted by Crippen LogP contribution is -2.12. The molecule has 1 aromatic carbocycles. The lowest BCUT2D eigenvalue weighted by Gasteiger charge is -2.03. The molecule has 3 rings (SSSR count). The van der Waals surface area contributed by atoms with Gasteiger partial charge >= 0.3 is 5.97 Å². The van der Waals surface area contributed by atoms with E-state index in [1.807, 2.05) is 24.3 Å². The highest BCUT2D eigenvalue weighted by molar-refractivity contribution is 7.17. The maximum atomic E-state index is 12.3. The highest BCUT2D eigenvalue weighted by Crippen LogP contribution is 2.28. The lowest BCUT2D eigenvalue weighted by atomic mass is 10.1. The van der Waals surface area contributed by atoms with Crippen LogP contribution in [0.3, 0.4) is 0 Å². The van der Waals surface area contributed by atoms with Gasteiger partial charge in [-0.15, -0.1) is 22.7 Å². The molecule has 0 saturated heterocycles. The number of carboxylic acids is 1. The molecular formula is C14H9NO3S2. The van der Waals surface area contributed by atoms with E-state index in [9.17, 15) is 9.59 Å². The second-order valence-corrected chi connectivity index (χ2v) is 5.90. The van der Waals surface area contributed by atoms with Gasteiger partial charge in [-0.3, -0.25) is 4.79 Å². The summed E-state index contributed by atoms with van der Waals surface area (Å²) in [6.07, 6.45) is 0. The normalized spacial score (nSPS) is 10.6. The van der Waals surface area contributed by atoms with Gasteiger partial charge in [0.15, 0.2) is 0 Å². The van der Waals surface area contributed by atoms with Crippen LogP contribution in [0, 0.1) is 0 Å². The Morgan fingerprint density at radius 2 is 1.85 bits per heavy atom. The number of anilines is 1. The molecule has 2 aromatic heterocycles. The Labute approximate surface area is 122 Å². The molecule has 0 aliphatic carbocycles. The Morgan fingerprint density at radius 3 is 2.65 bits per heavy atom. The summed E-state index contributed by atoms with van der Waals surface area (Å²) in [5.41, 5.74) is 0.679. The number of carbonyl (C=O) groups is 2. The minimum atomic E-state index is -1.04. The predicted octanol–water partition coefficient (Wildman–Crippen LogP) is 3.91. The molecule has 4 nitrogen and oxygen atoms in total. The SMILES string of the molecule is O=C(O)c1ccsc1NC(=O)c1csc2ccccc12. The van der Waals surface area contributed by atoms with Gasteiger partial charge in [-0.2, -0.15) is 0 Å². The van der Waals surface area contributed by atoms with Crippen molar-refractivity contribution >= 4 is 49.6 Å². The monoisotopic (exact) mass is 303 g/mol. The zero-order chi connectivity index (χ0) is 14.1. The van der Waals surface area contributed by atoms with E-state index in [1.165, 1.54) is 28.7 Å². The molecule has 0 saturated carbocycles. The Bertz CT molecular complexity index is 803. The lowest BCUT2D eigenvalue weighted by molar-refractivity contribution is 0.0698. The molecule has 2 heterocycles.